The summed E-state index contributed by atoms with van der Waals surface area (Å²) in [6.07, 6.45) is -4.96. The third kappa shape index (κ3) is 11.4. The van der Waals surface area contributed by atoms with Crippen LogP contribution >= 0.6 is 0 Å². The van der Waals surface area contributed by atoms with Gasteiger partial charge in [-0.1, -0.05) is 12.2 Å². The minimum atomic E-state index is -5.62. The first-order chi connectivity index (χ1) is 14.7. The van der Waals surface area contributed by atoms with Gasteiger partial charge in [0.2, 0.25) is 5.91 Å². The molecule has 1 amide bonds. The zero-order valence-electron chi connectivity index (χ0n) is 16.5. The Bertz CT molecular complexity index is 680. The Hall–Kier alpha value is -2.97. The lowest BCUT2D eigenvalue weighted by atomic mass is 10.0. The van der Waals surface area contributed by atoms with Gasteiger partial charge in [-0.3, -0.25) is 4.79 Å². The van der Waals surface area contributed by atoms with E-state index in [9.17, 15) is 50.3 Å². The molecular formula is C17H19F6NO8. The van der Waals surface area contributed by atoms with Crippen LogP contribution in [0, 0.1) is 0 Å². The second-order valence-electron chi connectivity index (χ2n) is 5.88. The van der Waals surface area contributed by atoms with Gasteiger partial charge in [0.25, 0.3) is 0 Å². The second kappa shape index (κ2) is 13.4. The van der Waals surface area contributed by atoms with Gasteiger partial charge in [-0.2, -0.15) is 26.3 Å². The smallest absolute Gasteiger partial charge is 0.467 e. The molecule has 1 aliphatic heterocycles. The number of carbonyl (C=O) groups is 5. The highest BCUT2D eigenvalue weighted by Gasteiger charge is 2.49. The van der Waals surface area contributed by atoms with Gasteiger partial charge in [0, 0.05) is 13.0 Å². The van der Waals surface area contributed by atoms with E-state index in [2.05, 4.69) is 9.47 Å². The maximum atomic E-state index is 11.7. The van der Waals surface area contributed by atoms with Crippen LogP contribution in [0.3, 0.4) is 0 Å². The maximum Gasteiger partial charge on any atom is 0.491 e. The third-order valence-electron chi connectivity index (χ3n) is 3.55. The van der Waals surface area contributed by atoms with Gasteiger partial charge >= 0.3 is 30.3 Å². The number of halogens is 6. The Balaban J connectivity index is 0.000000649. The van der Waals surface area contributed by atoms with Crippen LogP contribution in [0.1, 0.15) is 19.3 Å². The number of ether oxygens (including phenoxy) is 3. The highest BCUT2D eigenvalue weighted by atomic mass is 19.4. The molecule has 0 spiro atoms. The summed E-state index contributed by atoms with van der Waals surface area (Å²) < 4.78 is 79.1. The molecule has 0 radical (unpaired) electrons. The minimum Gasteiger partial charge on any atom is -0.467 e. The summed E-state index contributed by atoms with van der Waals surface area (Å²) in [6, 6.07) is -0.318. The SMILES string of the molecule is COC(=O)COCC=CCN1C(=O)CCC[C@@H]1C=O.O=C(OC(=O)C(F)(F)F)C(F)(F)F. The molecule has 1 saturated heterocycles. The fraction of sp³-hybridized carbons (Fsp3) is 0.588. The summed E-state index contributed by atoms with van der Waals surface area (Å²) in [7, 11) is 1.29. The molecule has 1 heterocycles. The van der Waals surface area contributed by atoms with Crippen molar-refractivity contribution in [3.8, 4) is 0 Å². The minimum absolute atomic E-state index is 0.00322. The molecule has 9 nitrogen and oxygen atoms in total. The van der Waals surface area contributed by atoms with E-state index in [1.807, 2.05) is 0 Å². The van der Waals surface area contributed by atoms with Crippen LogP contribution < -0.4 is 0 Å². The van der Waals surface area contributed by atoms with Gasteiger partial charge in [0.1, 0.15) is 12.9 Å². The number of carbonyl (C=O) groups excluding carboxylic acids is 5. The second-order valence-corrected chi connectivity index (χ2v) is 5.88. The first-order valence-corrected chi connectivity index (χ1v) is 8.68. The van der Waals surface area contributed by atoms with Crippen LogP contribution in [0.15, 0.2) is 12.2 Å². The quantitative estimate of drug-likeness (QED) is 0.135. The molecule has 182 valence electrons. The van der Waals surface area contributed by atoms with Crippen molar-refractivity contribution in [3.63, 3.8) is 0 Å². The molecule has 0 bridgehead atoms. The normalized spacial score (nSPS) is 16.8. The summed E-state index contributed by atoms with van der Waals surface area (Å²) >= 11 is 0. The molecule has 1 aliphatic rings. The van der Waals surface area contributed by atoms with Crippen molar-refractivity contribution < 1.29 is 64.5 Å². The van der Waals surface area contributed by atoms with Crippen LogP contribution in [-0.4, -0.2) is 80.3 Å². The molecule has 0 unspecified atom stereocenters. The van der Waals surface area contributed by atoms with Gasteiger partial charge < -0.3 is 23.9 Å². The number of nitrogens with zero attached hydrogens (tertiary/aromatic N) is 1. The van der Waals surface area contributed by atoms with Gasteiger partial charge in [0.15, 0.2) is 0 Å². The molecule has 15 heteroatoms. The molecule has 0 N–H and O–H groups in total. The van der Waals surface area contributed by atoms with Crippen molar-refractivity contribution in [2.75, 3.05) is 26.9 Å². The first kappa shape index (κ1) is 29.0. The van der Waals surface area contributed by atoms with E-state index in [-0.39, 0.29) is 25.2 Å². The third-order valence-corrected chi connectivity index (χ3v) is 3.55. The molecule has 0 aromatic carbocycles. The molecule has 0 aliphatic carbocycles. The van der Waals surface area contributed by atoms with E-state index >= 15 is 0 Å². The number of alkyl halides is 6. The highest BCUT2D eigenvalue weighted by Crippen LogP contribution is 2.21. The number of rotatable bonds is 7. The summed E-state index contributed by atoms with van der Waals surface area (Å²) in [5.41, 5.74) is 0. The number of hydrogen-bond acceptors (Lipinski definition) is 8. The number of piperidine rings is 1. The summed E-state index contributed by atoms with van der Waals surface area (Å²) in [5.74, 6) is -6.83. The van der Waals surface area contributed by atoms with Crippen LogP contribution in [0.5, 0.6) is 0 Å². The van der Waals surface area contributed by atoms with Crippen molar-refractivity contribution in [1.29, 1.82) is 0 Å². The van der Waals surface area contributed by atoms with Gasteiger partial charge in [0.05, 0.1) is 19.8 Å². The lowest BCUT2D eigenvalue weighted by Gasteiger charge is -2.31. The Morgan fingerprint density at radius 1 is 1.06 bits per heavy atom. The number of methoxy groups -OCH3 is 1. The lowest BCUT2D eigenvalue weighted by Crippen LogP contribution is -2.44. The highest BCUT2D eigenvalue weighted by molar-refractivity contribution is 5.90. The topological polar surface area (TPSA) is 116 Å². The fourth-order valence-electron chi connectivity index (χ4n) is 2.05. The van der Waals surface area contributed by atoms with E-state index in [1.54, 1.807) is 17.1 Å². The Morgan fingerprint density at radius 3 is 2.09 bits per heavy atom. The largest absolute Gasteiger partial charge is 0.491 e. The van der Waals surface area contributed by atoms with Crippen LogP contribution in [0.4, 0.5) is 26.3 Å². The Labute approximate surface area is 177 Å². The Kier molecular flexibility index (Phi) is 12.2. The molecule has 0 aromatic rings. The van der Waals surface area contributed by atoms with Crippen LogP contribution in [0.2, 0.25) is 0 Å². The first-order valence-electron chi connectivity index (χ1n) is 8.68. The monoisotopic (exact) mass is 479 g/mol. The zero-order chi connectivity index (χ0) is 24.9. The lowest BCUT2D eigenvalue weighted by molar-refractivity contribution is -0.221. The zero-order valence-corrected chi connectivity index (χ0v) is 16.5. The summed E-state index contributed by atoms with van der Waals surface area (Å²) in [6.45, 7) is 0.563. The van der Waals surface area contributed by atoms with Crippen molar-refractivity contribution in [3.05, 3.63) is 12.2 Å². The van der Waals surface area contributed by atoms with E-state index in [0.717, 1.165) is 19.1 Å². The van der Waals surface area contributed by atoms with Gasteiger partial charge in [-0.05, 0) is 12.8 Å². The van der Waals surface area contributed by atoms with Crippen molar-refractivity contribution in [2.45, 2.75) is 37.7 Å². The van der Waals surface area contributed by atoms with Gasteiger partial charge in [-0.15, -0.1) is 0 Å². The molecule has 1 fully saturated rings. The molecule has 1 atom stereocenters. The van der Waals surface area contributed by atoms with Crippen LogP contribution in [-0.2, 0) is 38.2 Å². The molecular weight excluding hydrogens is 460 g/mol. The molecule has 0 aromatic heterocycles. The van der Waals surface area contributed by atoms with E-state index in [0.29, 0.717) is 13.0 Å². The van der Waals surface area contributed by atoms with Gasteiger partial charge in [-0.25, -0.2) is 14.4 Å². The summed E-state index contributed by atoms with van der Waals surface area (Å²) in [4.78, 5) is 54.1. The van der Waals surface area contributed by atoms with Crippen molar-refractivity contribution in [2.24, 2.45) is 0 Å². The number of hydrogen-bond donors (Lipinski definition) is 0. The average molecular weight is 479 g/mol. The maximum absolute atomic E-state index is 11.7. The predicted molar refractivity (Wildman–Crippen MR) is 90.6 cm³/mol. The number of amides is 1. The molecule has 0 saturated carbocycles. The number of esters is 3. The average Bonchev–Trinajstić information content (AvgIpc) is 2.70. The summed E-state index contributed by atoms with van der Waals surface area (Å²) in [5, 5.41) is 0. The number of likely N-dealkylation sites (tertiary alicyclic amines) is 1. The van der Waals surface area contributed by atoms with Crippen LogP contribution in [0.25, 0.3) is 0 Å². The predicted octanol–water partition coefficient (Wildman–Crippen LogP) is 1.49. The van der Waals surface area contributed by atoms with Crippen molar-refractivity contribution in [1.82, 2.24) is 4.90 Å². The molecule has 1 rings (SSSR count). The number of aldehydes is 1. The molecule has 32 heavy (non-hydrogen) atoms. The fourth-order valence-corrected chi connectivity index (χ4v) is 2.05. The van der Waals surface area contributed by atoms with E-state index in [4.69, 9.17) is 4.74 Å². The Morgan fingerprint density at radius 2 is 1.62 bits per heavy atom. The van der Waals surface area contributed by atoms with E-state index < -0.39 is 30.3 Å². The van der Waals surface area contributed by atoms with Crippen molar-refractivity contribution >= 4 is 30.1 Å². The van der Waals surface area contributed by atoms with E-state index in [1.165, 1.54) is 7.11 Å². The standard InChI is InChI=1S/C13H19NO5.C4F6O3/c1-18-13(17)10-19-8-3-2-7-14-11(9-15)5-4-6-12(14)16;5-3(6,7)1(11)13-2(12)4(8,9)10/h2-3,9,11H,4-8,10H2,1H3;/t11-;/m1./s1.